The second-order valence-corrected chi connectivity index (χ2v) is 5.12. The zero-order chi connectivity index (χ0) is 12.5. The topological polar surface area (TPSA) is 41.5 Å². The number of hydrogen-bond donors (Lipinski definition) is 0. The van der Waals surface area contributed by atoms with Crippen LogP contribution in [0.2, 0.25) is 5.15 Å². The van der Waals surface area contributed by atoms with Crippen LogP contribution in [0.3, 0.4) is 0 Å². The van der Waals surface area contributed by atoms with Gasteiger partial charge in [0, 0.05) is 25.2 Å². The first-order valence-electron chi connectivity index (χ1n) is 6.43. The number of aromatic nitrogens is 2. The fraction of sp³-hybridized carbons (Fsp3) is 0.667. The molecule has 0 bridgehead atoms. The van der Waals surface area contributed by atoms with Crippen LogP contribution in [0.25, 0.3) is 0 Å². The molecule has 2 aliphatic heterocycles. The van der Waals surface area contributed by atoms with Gasteiger partial charge in [-0.3, -0.25) is 0 Å². The van der Waals surface area contributed by atoms with E-state index in [1.807, 2.05) is 0 Å². The van der Waals surface area contributed by atoms with Gasteiger partial charge in [-0.15, -0.1) is 10.2 Å². The summed E-state index contributed by atoms with van der Waals surface area (Å²) in [5.74, 6) is 1.60. The van der Waals surface area contributed by atoms with Crippen molar-refractivity contribution in [3.63, 3.8) is 0 Å². The van der Waals surface area contributed by atoms with Crippen molar-refractivity contribution in [3.8, 4) is 5.75 Å². The second-order valence-electron chi connectivity index (χ2n) is 4.73. The quantitative estimate of drug-likeness (QED) is 0.812. The molecule has 0 radical (unpaired) electrons. The lowest BCUT2D eigenvalue weighted by molar-refractivity contribution is 0.292. The lowest BCUT2D eigenvalue weighted by Gasteiger charge is -2.34. The Morgan fingerprint density at radius 1 is 1.44 bits per heavy atom. The third-order valence-electron chi connectivity index (χ3n) is 3.71. The molecule has 0 N–H and O–H groups in total. The fourth-order valence-electron chi connectivity index (χ4n) is 2.72. The highest BCUT2D eigenvalue weighted by atomic mass is 35.5. The van der Waals surface area contributed by atoms with E-state index in [-0.39, 0.29) is 0 Å². The van der Waals surface area contributed by atoms with E-state index >= 15 is 0 Å². The molecule has 98 valence electrons. The molecule has 0 aliphatic carbocycles. The number of likely N-dealkylation sites (N-methyl/N-ethyl adjacent to an activating group) is 1. The standard InChI is InChI=1S/C12H17ClN4O/c1-2-16-4-3-9(8-16)17-5-6-18-10-7-11(13)14-15-12(10)17/h7,9H,2-6,8H2,1H3/t9-/m1/s1. The average molecular weight is 269 g/mol. The summed E-state index contributed by atoms with van der Waals surface area (Å²) >= 11 is 5.85. The molecule has 5 nitrogen and oxygen atoms in total. The van der Waals surface area contributed by atoms with Crippen molar-refractivity contribution in [2.24, 2.45) is 0 Å². The maximum absolute atomic E-state index is 5.85. The number of nitrogens with zero attached hydrogens (tertiary/aromatic N) is 4. The van der Waals surface area contributed by atoms with Crippen molar-refractivity contribution in [1.82, 2.24) is 15.1 Å². The molecule has 18 heavy (non-hydrogen) atoms. The molecule has 0 amide bonds. The number of halogens is 1. The van der Waals surface area contributed by atoms with Crippen molar-refractivity contribution < 1.29 is 4.74 Å². The average Bonchev–Trinajstić information content (AvgIpc) is 2.86. The lowest BCUT2D eigenvalue weighted by atomic mass is 10.2. The van der Waals surface area contributed by atoms with Gasteiger partial charge in [-0.05, 0) is 13.0 Å². The minimum atomic E-state index is 0.386. The molecule has 3 heterocycles. The summed E-state index contributed by atoms with van der Waals surface area (Å²) in [5, 5.41) is 8.52. The van der Waals surface area contributed by atoms with E-state index in [1.165, 1.54) is 6.42 Å². The van der Waals surface area contributed by atoms with Gasteiger partial charge < -0.3 is 14.5 Å². The zero-order valence-corrected chi connectivity index (χ0v) is 11.2. The van der Waals surface area contributed by atoms with Crippen LogP contribution in [-0.4, -0.2) is 53.9 Å². The Bertz CT molecular complexity index is 442. The van der Waals surface area contributed by atoms with Crippen LogP contribution in [0.4, 0.5) is 5.82 Å². The van der Waals surface area contributed by atoms with Crippen LogP contribution in [0.5, 0.6) is 5.75 Å². The van der Waals surface area contributed by atoms with Crippen LogP contribution in [-0.2, 0) is 0 Å². The Hall–Kier alpha value is -1.07. The first kappa shape index (κ1) is 12.0. The van der Waals surface area contributed by atoms with E-state index in [9.17, 15) is 0 Å². The van der Waals surface area contributed by atoms with Gasteiger partial charge in [-0.1, -0.05) is 18.5 Å². The first-order valence-corrected chi connectivity index (χ1v) is 6.80. The number of ether oxygens (including phenoxy) is 1. The van der Waals surface area contributed by atoms with Gasteiger partial charge in [-0.25, -0.2) is 0 Å². The van der Waals surface area contributed by atoms with Gasteiger partial charge in [0.15, 0.2) is 16.7 Å². The zero-order valence-electron chi connectivity index (χ0n) is 10.5. The molecular weight excluding hydrogens is 252 g/mol. The summed E-state index contributed by atoms with van der Waals surface area (Å²) in [4.78, 5) is 4.78. The maximum atomic E-state index is 5.85. The minimum Gasteiger partial charge on any atom is -0.488 e. The predicted molar refractivity (Wildman–Crippen MR) is 70.4 cm³/mol. The molecule has 6 heteroatoms. The van der Waals surface area contributed by atoms with Gasteiger partial charge in [0.25, 0.3) is 0 Å². The van der Waals surface area contributed by atoms with Gasteiger partial charge in [0.1, 0.15) is 6.61 Å². The van der Waals surface area contributed by atoms with Crippen LogP contribution in [0, 0.1) is 0 Å². The van der Waals surface area contributed by atoms with E-state index in [1.54, 1.807) is 6.07 Å². The highest BCUT2D eigenvalue weighted by Crippen LogP contribution is 2.33. The third kappa shape index (κ3) is 2.12. The Morgan fingerprint density at radius 2 is 2.33 bits per heavy atom. The molecule has 0 aromatic carbocycles. The van der Waals surface area contributed by atoms with Crippen LogP contribution in [0.15, 0.2) is 6.07 Å². The van der Waals surface area contributed by atoms with Crippen LogP contribution >= 0.6 is 11.6 Å². The summed E-state index contributed by atoms with van der Waals surface area (Å²) in [6, 6.07) is 2.27. The first-order chi connectivity index (χ1) is 8.78. The lowest BCUT2D eigenvalue weighted by Crippen LogP contribution is -2.43. The van der Waals surface area contributed by atoms with E-state index < -0.39 is 0 Å². The van der Waals surface area contributed by atoms with Crippen LogP contribution in [0.1, 0.15) is 13.3 Å². The molecule has 0 spiro atoms. The van der Waals surface area contributed by atoms with Crippen molar-refractivity contribution in [2.45, 2.75) is 19.4 Å². The van der Waals surface area contributed by atoms with Crippen molar-refractivity contribution in [3.05, 3.63) is 11.2 Å². The van der Waals surface area contributed by atoms with Gasteiger partial charge in [-0.2, -0.15) is 0 Å². The van der Waals surface area contributed by atoms with E-state index in [2.05, 4.69) is 26.9 Å². The van der Waals surface area contributed by atoms with E-state index in [4.69, 9.17) is 16.3 Å². The van der Waals surface area contributed by atoms with E-state index in [0.29, 0.717) is 17.8 Å². The molecule has 3 rings (SSSR count). The molecular formula is C12H17ClN4O. The normalized spacial score (nSPS) is 23.9. The number of fused-ring (bicyclic) bond motifs is 1. The Kier molecular flexibility index (Phi) is 3.26. The molecule has 1 saturated heterocycles. The predicted octanol–water partition coefficient (Wildman–Crippen LogP) is 1.42. The number of hydrogen-bond acceptors (Lipinski definition) is 5. The Labute approximate surface area is 112 Å². The third-order valence-corrected chi connectivity index (χ3v) is 3.89. The molecule has 1 atom stereocenters. The summed E-state index contributed by atoms with van der Waals surface area (Å²) in [5.41, 5.74) is 0. The Morgan fingerprint density at radius 3 is 3.11 bits per heavy atom. The number of rotatable bonds is 2. The summed E-state index contributed by atoms with van der Waals surface area (Å²) in [6.07, 6.45) is 1.18. The Balaban J connectivity index is 1.83. The van der Waals surface area contributed by atoms with Gasteiger partial charge >= 0.3 is 0 Å². The molecule has 2 aliphatic rings. The highest BCUT2D eigenvalue weighted by molar-refractivity contribution is 6.29. The summed E-state index contributed by atoms with van der Waals surface area (Å²) in [6.45, 7) is 7.15. The van der Waals surface area contributed by atoms with Crippen molar-refractivity contribution >= 4 is 17.4 Å². The van der Waals surface area contributed by atoms with Crippen LogP contribution < -0.4 is 9.64 Å². The second kappa shape index (κ2) is 4.90. The number of anilines is 1. The molecule has 0 saturated carbocycles. The monoisotopic (exact) mass is 268 g/mol. The smallest absolute Gasteiger partial charge is 0.194 e. The largest absolute Gasteiger partial charge is 0.488 e. The van der Waals surface area contributed by atoms with Crippen molar-refractivity contribution in [1.29, 1.82) is 0 Å². The highest BCUT2D eigenvalue weighted by Gasteiger charge is 2.31. The SMILES string of the molecule is CCN1CC[C@@H](N2CCOc3cc(Cl)nnc32)C1. The summed E-state index contributed by atoms with van der Waals surface area (Å²) < 4.78 is 5.61. The molecule has 1 aromatic heterocycles. The minimum absolute atomic E-state index is 0.386. The molecule has 1 aromatic rings. The van der Waals surface area contributed by atoms with Crippen molar-refractivity contribution in [2.75, 3.05) is 37.7 Å². The fourth-order valence-corrected chi connectivity index (χ4v) is 2.86. The summed E-state index contributed by atoms with van der Waals surface area (Å²) in [7, 11) is 0. The molecule has 0 unspecified atom stereocenters. The molecule has 1 fully saturated rings. The van der Waals surface area contributed by atoms with E-state index in [0.717, 1.165) is 37.7 Å². The van der Waals surface area contributed by atoms with Gasteiger partial charge in [0.2, 0.25) is 0 Å². The van der Waals surface area contributed by atoms with Gasteiger partial charge in [0.05, 0.1) is 6.54 Å². The number of likely N-dealkylation sites (tertiary alicyclic amines) is 1. The maximum Gasteiger partial charge on any atom is 0.194 e.